The smallest absolute Gasteiger partial charge is 0.207 e. The Hall–Kier alpha value is -1.78. The number of rotatable bonds is 1. The van der Waals surface area contributed by atoms with Crippen molar-refractivity contribution < 1.29 is 0 Å². The molecule has 0 spiro atoms. The molecule has 2 N–H and O–H groups in total. The number of aromatic nitrogens is 3. The molecular weight excluding hydrogens is 283 g/mol. The Morgan fingerprint density at radius 1 is 1.21 bits per heavy atom. The summed E-state index contributed by atoms with van der Waals surface area (Å²) >= 11 is 12.1. The van der Waals surface area contributed by atoms with Crippen LogP contribution in [0.5, 0.6) is 0 Å². The second-order valence-electron chi connectivity index (χ2n) is 4.20. The molecule has 0 radical (unpaired) electrons. The number of nitrogens with two attached hydrogens (primary N) is 1. The van der Waals surface area contributed by atoms with Gasteiger partial charge in [0.2, 0.25) is 5.95 Å². The quantitative estimate of drug-likeness (QED) is 0.745. The number of nitrogen functional groups attached to an aromatic ring is 1. The van der Waals surface area contributed by atoms with Gasteiger partial charge in [-0.3, -0.25) is 4.57 Å². The molecule has 3 aromatic rings. The fourth-order valence-corrected chi connectivity index (χ4v) is 2.50. The van der Waals surface area contributed by atoms with Gasteiger partial charge < -0.3 is 5.73 Å². The number of imidazole rings is 1. The maximum absolute atomic E-state index is 6.22. The summed E-state index contributed by atoms with van der Waals surface area (Å²) in [6.45, 7) is 1.96. The van der Waals surface area contributed by atoms with E-state index in [1.165, 1.54) is 0 Å². The molecule has 19 heavy (non-hydrogen) atoms. The van der Waals surface area contributed by atoms with Crippen LogP contribution in [-0.2, 0) is 0 Å². The molecule has 2 heterocycles. The molecule has 4 nitrogen and oxygen atoms in total. The van der Waals surface area contributed by atoms with E-state index in [2.05, 4.69) is 9.97 Å². The van der Waals surface area contributed by atoms with Gasteiger partial charge in [0.05, 0.1) is 10.7 Å². The van der Waals surface area contributed by atoms with Gasteiger partial charge in [-0.1, -0.05) is 23.2 Å². The van der Waals surface area contributed by atoms with Crippen molar-refractivity contribution in [1.82, 2.24) is 14.5 Å². The number of aryl methyl sites for hydroxylation is 1. The summed E-state index contributed by atoms with van der Waals surface area (Å²) in [7, 11) is 0. The number of halogens is 2. The van der Waals surface area contributed by atoms with E-state index in [4.69, 9.17) is 28.9 Å². The van der Waals surface area contributed by atoms with Crippen LogP contribution in [0.4, 0.5) is 5.95 Å². The summed E-state index contributed by atoms with van der Waals surface area (Å²) in [5.74, 6) is 0.348. The molecular formula is C13H10Cl2N4. The maximum Gasteiger partial charge on any atom is 0.207 e. The van der Waals surface area contributed by atoms with Crippen LogP contribution in [0.15, 0.2) is 30.5 Å². The highest BCUT2D eigenvalue weighted by Crippen LogP contribution is 2.29. The van der Waals surface area contributed by atoms with Gasteiger partial charge in [0.25, 0.3) is 0 Å². The predicted molar refractivity (Wildman–Crippen MR) is 78.0 cm³/mol. The molecule has 1 aromatic carbocycles. The Bertz CT molecular complexity index is 780. The van der Waals surface area contributed by atoms with Crippen LogP contribution in [0.2, 0.25) is 10.0 Å². The molecule has 3 rings (SSSR count). The minimum absolute atomic E-state index is 0.348. The summed E-state index contributed by atoms with van der Waals surface area (Å²) in [5.41, 5.74) is 9.16. The third kappa shape index (κ3) is 1.93. The highest BCUT2D eigenvalue weighted by molar-refractivity contribution is 6.35. The van der Waals surface area contributed by atoms with Crippen molar-refractivity contribution in [2.45, 2.75) is 6.92 Å². The van der Waals surface area contributed by atoms with Crippen molar-refractivity contribution >= 4 is 40.3 Å². The lowest BCUT2D eigenvalue weighted by molar-refractivity contribution is 1.08. The SMILES string of the molecule is Cc1ccnc2c1nc(N)n2-c1ccc(Cl)cc1Cl. The van der Waals surface area contributed by atoms with Crippen LogP contribution in [-0.4, -0.2) is 14.5 Å². The number of nitrogens with zero attached hydrogens (tertiary/aromatic N) is 3. The molecule has 0 bridgehead atoms. The van der Waals surface area contributed by atoms with Gasteiger partial charge in [0, 0.05) is 11.2 Å². The molecule has 0 saturated carbocycles. The third-order valence-electron chi connectivity index (χ3n) is 2.92. The molecule has 0 amide bonds. The van der Waals surface area contributed by atoms with E-state index in [1.54, 1.807) is 29.0 Å². The summed E-state index contributed by atoms with van der Waals surface area (Å²) < 4.78 is 1.72. The van der Waals surface area contributed by atoms with Gasteiger partial charge in [-0.15, -0.1) is 0 Å². The average molecular weight is 293 g/mol. The first-order valence-corrected chi connectivity index (χ1v) is 6.38. The van der Waals surface area contributed by atoms with Crippen molar-refractivity contribution in [1.29, 1.82) is 0 Å². The van der Waals surface area contributed by atoms with E-state index >= 15 is 0 Å². The topological polar surface area (TPSA) is 56.7 Å². The summed E-state index contributed by atoms with van der Waals surface area (Å²) in [5, 5.41) is 1.07. The molecule has 6 heteroatoms. The van der Waals surface area contributed by atoms with E-state index in [0.29, 0.717) is 27.3 Å². The van der Waals surface area contributed by atoms with Crippen molar-refractivity contribution in [3.05, 3.63) is 46.1 Å². The summed E-state index contributed by atoms with van der Waals surface area (Å²) in [4.78, 5) is 8.67. The van der Waals surface area contributed by atoms with Gasteiger partial charge in [-0.05, 0) is 36.8 Å². The fourth-order valence-electron chi connectivity index (χ4n) is 2.01. The summed E-state index contributed by atoms with van der Waals surface area (Å²) in [6.07, 6.45) is 1.72. The van der Waals surface area contributed by atoms with E-state index in [0.717, 1.165) is 11.1 Å². The molecule has 0 unspecified atom stereocenters. The largest absolute Gasteiger partial charge is 0.369 e. The maximum atomic E-state index is 6.22. The van der Waals surface area contributed by atoms with Crippen molar-refractivity contribution in [3.8, 4) is 5.69 Å². The van der Waals surface area contributed by atoms with Gasteiger partial charge >= 0.3 is 0 Å². The zero-order valence-electron chi connectivity index (χ0n) is 10.1. The zero-order valence-corrected chi connectivity index (χ0v) is 11.6. The first-order valence-electron chi connectivity index (χ1n) is 5.63. The predicted octanol–water partition coefficient (Wildman–Crippen LogP) is 3.62. The van der Waals surface area contributed by atoms with Gasteiger partial charge in [0.1, 0.15) is 5.52 Å². The Kier molecular flexibility index (Phi) is 2.84. The lowest BCUT2D eigenvalue weighted by Crippen LogP contribution is -2.02. The van der Waals surface area contributed by atoms with Crippen LogP contribution >= 0.6 is 23.2 Å². The molecule has 2 aromatic heterocycles. The Morgan fingerprint density at radius 3 is 2.74 bits per heavy atom. The van der Waals surface area contributed by atoms with Crippen LogP contribution in [0.3, 0.4) is 0 Å². The number of fused-ring (bicyclic) bond motifs is 1. The van der Waals surface area contributed by atoms with Crippen molar-refractivity contribution in [2.24, 2.45) is 0 Å². The second-order valence-corrected chi connectivity index (χ2v) is 5.04. The van der Waals surface area contributed by atoms with Crippen LogP contribution < -0.4 is 5.73 Å². The lowest BCUT2D eigenvalue weighted by atomic mass is 10.2. The standard InChI is InChI=1S/C13H10Cl2N4/c1-7-4-5-17-12-11(7)18-13(16)19(12)10-3-2-8(14)6-9(10)15/h2-6H,1H3,(H2,16,18). The number of hydrogen-bond acceptors (Lipinski definition) is 3. The first-order chi connectivity index (χ1) is 9.08. The van der Waals surface area contributed by atoms with Crippen LogP contribution in [0.1, 0.15) is 5.56 Å². The van der Waals surface area contributed by atoms with Gasteiger partial charge in [0.15, 0.2) is 5.65 Å². The van der Waals surface area contributed by atoms with Crippen LogP contribution in [0.25, 0.3) is 16.9 Å². The normalized spacial score (nSPS) is 11.1. The third-order valence-corrected chi connectivity index (χ3v) is 3.46. The minimum Gasteiger partial charge on any atom is -0.369 e. The second kappa shape index (κ2) is 4.40. The number of benzene rings is 1. The van der Waals surface area contributed by atoms with Crippen LogP contribution in [0, 0.1) is 6.92 Å². The molecule has 0 aliphatic rings. The Balaban J connectivity index is 2.36. The molecule has 0 aliphatic carbocycles. The Labute approximate surface area is 119 Å². The van der Waals surface area contributed by atoms with E-state index in [1.807, 2.05) is 13.0 Å². The van der Waals surface area contributed by atoms with E-state index in [-0.39, 0.29) is 0 Å². The van der Waals surface area contributed by atoms with E-state index in [9.17, 15) is 0 Å². The fraction of sp³-hybridized carbons (Fsp3) is 0.0769. The zero-order chi connectivity index (χ0) is 13.6. The van der Waals surface area contributed by atoms with Crippen molar-refractivity contribution in [3.63, 3.8) is 0 Å². The molecule has 0 aliphatic heterocycles. The number of pyridine rings is 1. The molecule has 0 atom stereocenters. The number of anilines is 1. The summed E-state index contributed by atoms with van der Waals surface area (Å²) in [6, 6.07) is 7.11. The monoisotopic (exact) mass is 292 g/mol. The van der Waals surface area contributed by atoms with Gasteiger partial charge in [-0.25, -0.2) is 9.97 Å². The highest BCUT2D eigenvalue weighted by atomic mass is 35.5. The molecule has 0 saturated heterocycles. The van der Waals surface area contributed by atoms with Gasteiger partial charge in [-0.2, -0.15) is 0 Å². The highest BCUT2D eigenvalue weighted by Gasteiger charge is 2.15. The first kappa shape index (κ1) is 12.3. The molecule has 96 valence electrons. The minimum atomic E-state index is 0.348. The lowest BCUT2D eigenvalue weighted by Gasteiger charge is -2.08. The number of hydrogen-bond donors (Lipinski definition) is 1. The van der Waals surface area contributed by atoms with E-state index < -0.39 is 0 Å². The van der Waals surface area contributed by atoms with Crippen molar-refractivity contribution in [2.75, 3.05) is 5.73 Å². The Morgan fingerprint density at radius 2 is 2.00 bits per heavy atom. The average Bonchev–Trinajstić information content (AvgIpc) is 2.68. The molecule has 0 fully saturated rings.